The van der Waals surface area contributed by atoms with Gasteiger partial charge in [-0.05, 0) is 39.2 Å². The minimum atomic E-state index is 0.209. The van der Waals surface area contributed by atoms with Crippen LogP contribution >= 0.6 is 11.8 Å². The Hall–Kier alpha value is -0.700. The van der Waals surface area contributed by atoms with Crippen LogP contribution < -0.4 is 4.74 Å². The molecule has 0 amide bonds. The molecule has 0 saturated carbocycles. The van der Waals surface area contributed by atoms with Crippen molar-refractivity contribution in [2.45, 2.75) is 31.9 Å². The van der Waals surface area contributed by atoms with E-state index in [1.54, 1.807) is 11.8 Å². The van der Waals surface area contributed by atoms with Gasteiger partial charge in [-0.3, -0.25) is 0 Å². The van der Waals surface area contributed by atoms with Crippen molar-refractivity contribution >= 4 is 11.8 Å². The van der Waals surface area contributed by atoms with Gasteiger partial charge in [0, 0.05) is 0 Å². The summed E-state index contributed by atoms with van der Waals surface area (Å²) in [5.41, 5.74) is 0.959. The van der Waals surface area contributed by atoms with Crippen LogP contribution in [0.4, 0.5) is 0 Å². The maximum absolute atomic E-state index is 5.57. The number of rotatable bonds is 3. The van der Waals surface area contributed by atoms with Crippen LogP contribution in [0.3, 0.4) is 0 Å². The summed E-state index contributed by atoms with van der Waals surface area (Å²) in [5.74, 6) is 0.882. The average molecular weight is 197 g/mol. The summed E-state index contributed by atoms with van der Waals surface area (Å²) in [6, 6.07) is 3.96. The van der Waals surface area contributed by atoms with E-state index in [9.17, 15) is 0 Å². The van der Waals surface area contributed by atoms with Gasteiger partial charge in [-0.2, -0.15) is 0 Å². The molecule has 0 aliphatic carbocycles. The van der Waals surface area contributed by atoms with E-state index in [0.717, 1.165) is 16.5 Å². The van der Waals surface area contributed by atoms with Crippen molar-refractivity contribution in [1.29, 1.82) is 0 Å². The van der Waals surface area contributed by atoms with Gasteiger partial charge in [0.05, 0.1) is 16.8 Å². The molecule has 2 nitrogen and oxygen atoms in total. The number of pyridine rings is 1. The fraction of sp³-hybridized carbons (Fsp3) is 0.500. The Morgan fingerprint density at radius 2 is 2.08 bits per heavy atom. The number of thioether (sulfide) groups is 1. The van der Waals surface area contributed by atoms with Crippen LogP contribution in [-0.2, 0) is 0 Å². The highest BCUT2D eigenvalue weighted by Crippen LogP contribution is 2.21. The van der Waals surface area contributed by atoms with E-state index in [1.165, 1.54) is 0 Å². The summed E-state index contributed by atoms with van der Waals surface area (Å²) in [4.78, 5) is 4.38. The molecule has 1 rings (SSSR count). The van der Waals surface area contributed by atoms with Gasteiger partial charge in [0.2, 0.25) is 0 Å². The van der Waals surface area contributed by atoms with E-state index in [2.05, 4.69) is 4.98 Å². The molecule has 0 aliphatic rings. The van der Waals surface area contributed by atoms with E-state index in [4.69, 9.17) is 4.74 Å². The second kappa shape index (κ2) is 4.51. The van der Waals surface area contributed by atoms with Gasteiger partial charge in [-0.15, -0.1) is 11.8 Å². The van der Waals surface area contributed by atoms with Crippen LogP contribution in [0.25, 0.3) is 0 Å². The third kappa shape index (κ3) is 2.92. The molecular formula is C10H15NOS. The molecule has 0 saturated heterocycles. The van der Waals surface area contributed by atoms with Crippen molar-refractivity contribution in [2.75, 3.05) is 6.26 Å². The van der Waals surface area contributed by atoms with E-state index in [1.807, 2.05) is 39.2 Å². The SMILES string of the molecule is CSc1ccc(OC(C)C)c(C)n1. The highest BCUT2D eigenvalue weighted by molar-refractivity contribution is 7.98. The van der Waals surface area contributed by atoms with E-state index in [0.29, 0.717) is 0 Å². The van der Waals surface area contributed by atoms with Gasteiger partial charge >= 0.3 is 0 Å². The van der Waals surface area contributed by atoms with Crippen molar-refractivity contribution in [3.8, 4) is 5.75 Å². The van der Waals surface area contributed by atoms with Gasteiger partial charge in [-0.25, -0.2) is 4.98 Å². The minimum Gasteiger partial charge on any atom is -0.489 e. The smallest absolute Gasteiger partial charge is 0.140 e. The third-order valence-electron chi connectivity index (χ3n) is 1.58. The fourth-order valence-corrected chi connectivity index (χ4v) is 1.45. The first-order valence-electron chi connectivity index (χ1n) is 4.31. The summed E-state index contributed by atoms with van der Waals surface area (Å²) in [5, 5.41) is 1.04. The summed E-state index contributed by atoms with van der Waals surface area (Å²) in [6.07, 6.45) is 2.23. The van der Waals surface area contributed by atoms with Gasteiger partial charge < -0.3 is 4.74 Å². The molecular weight excluding hydrogens is 182 g/mol. The Morgan fingerprint density at radius 3 is 2.54 bits per heavy atom. The number of aryl methyl sites for hydroxylation is 1. The predicted octanol–water partition coefficient (Wildman–Crippen LogP) is 2.90. The molecule has 0 bridgehead atoms. The van der Waals surface area contributed by atoms with Crippen molar-refractivity contribution in [1.82, 2.24) is 4.98 Å². The fourth-order valence-electron chi connectivity index (χ4n) is 1.02. The summed E-state index contributed by atoms with van der Waals surface area (Å²) in [6.45, 7) is 6.00. The minimum absolute atomic E-state index is 0.209. The summed E-state index contributed by atoms with van der Waals surface area (Å²) < 4.78 is 5.57. The van der Waals surface area contributed by atoms with Crippen LogP contribution in [0.15, 0.2) is 17.2 Å². The Labute approximate surface area is 83.7 Å². The van der Waals surface area contributed by atoms with Crippen molar-refractivity contribution in [2.24, 2.45) is 0 Å². The first kappa shape index (κ1) is 10.4. The number of ether oxygens (including phenoxy) is 1. The topological polar surface area (TPSA) is 22.1 Å². The molecule has 13 heavy (non-hydrogen) atoms. The second-order valence-corrected chi connectivity index (χ2v) is 3.93. The van der Waals surface area contributed by atoms with Crippen molar-refractivity contribution < 1.29 is 4.74 Å². The molecule has 0 aliphatic heterocycles. The van der Waals surface area contributed by atoms with E-state index >= 15 is 0 Å². The molecule has 1 aromatic rings. The first-order valence-corrected chi connectivity index (χ1v) is 5.54. The van der Waals surface area contributed by atoms with Crippen LogP contribution in [-0.4, -0.2) is 17.3 Å². The van der Waals surface area contributed by atoms with Crippen LogP contribution in [0.2, 0.25) is 0 Å². The van der Waals surface area contributed by atoms with Gasteiger partial charge in [0.1, 0.15) is 5.75 Å². The largest absolute Gasteiger partial charge is 0.489 e. The van der Waals surface area contributed by atoms with Crippen molar-refractivity contribution in [3.63, 3.8) is 0 Å². The average Bonchev–Trinajstić information content (AvgIpc) is 2.08. The lowest BCUT2D eigenvalue weighted by Crippen LogP contribution is -2.07. The Morgan fingerprint density at radius 1 is 1.38 bits per heavy atom. The molecule has 72 valence electrons. The molecule has 0 unspecified atom stereocenters. The molecule has 0 radical (unpaired) electrons. The number of hydrogen-bond donors (Lipinski definition) is 0. The highest BCUT2D eigenvalue weighted by Gasteiger charge is 2.03. The van der Waals surface area contributed by atoms with Crippen LogP contribution in [0.5, 0.6) is 5.75 Å². The quantitative estimate of drug-likeness (QED) is 0.696. The summed E-state index contributed by atoms with van der Waals surface area (Å²) >= 11 is 1.64. The van der Waals surface area contributed by atoms with E-state index in [-0.39, 0.29) is 6.10 Å². The lowest BCUT2D eigenvalue weighted by atomic mass is 10.3. The maximum atomic E-state index is 5.57. The molecule has 0 atom stereocenters. The molecule has 1 aromatic heterocycles. The standard InChI is InChI=1S/C10H15NOS/c1-7(2)12-9-5-6-10(13-4)11-8(9)3/h5-7H,1-4H3. The van der Waals surface area contributed by atoms with Crippen LogP contribution in [0, 0.1) is 6.92 Å². The van der Waals surface area contributed by atoms with Crippen molar-refractivity contribution in [3.05, 3.63) is 17.8 Å². The lowest BCUT2D eigenvalue weighted by Gasteiger charge is -2.11. The molecule has 3 heteroatoms. The third-order valence-corrected chi connectivity index (χ3v) is 2.23. The van der Waals surface area contributed by atoms with Gasteiger partial charge in [0.15, 0.2) is 0 Å². The Balaban J connectivity index is 2.85. The first-order chi connectivity index (χ1) is 6.13. The second-order valence-electron chi connectivity index (χ2n) is 3.10. The molecule has 1 heterocycles. The highest BCUT2D eigenvalue weighted by atomic mass is 32.2. The zero-order chi connectivity index (χ0) is 9.84. The molecule has 0 N–H and O–H groups in total. The van der Waals surface area contributed by atoms with E-state index < -0.39 is 0 Å². The monoisotopic (exact) mass is 197 g/mol. The van der Waals surface area contributed by atoms with Crippen LogP contribution in [0.1, 0.15) is 19.5 Å². The maximum Gasteiger partial charge on any atom is 0.140 e. The zero-order valence-corrected chi connectivity index (χ0v) is 9.31. The Bertz CT molecular complexity index is 286. The number of nitrogens with zero attached hydrogens (tertiary/aromatic N) is 1. The zero-order valence-electron chi connectivity index (χ0n) is 8.50. The lowest BCUT2D eigenvalue weighted by molar-refractivity contribution is 0.239. The normalized spacial score (nSPS) is 10.5. The summed E-state index contributed by atoms with van der Waals surface area (Å²) in [7, 11) is 0. The number of aromatic nitrogens is 1. The number of hydrogen-bond acceptors (Lipinski definition) is 3. The van der Waals surface area contributed by atoms with Gasteiger partial charge in [0.25, 0.3) is 0 Å². The predicted molar refractivity (Wildman–Crippen MR) is 56.5 cm³/mol. The molecule has 0 spiro atoms. The molecule has 0 aromatic carbocycles. The Kier molecular flexibility index (Phi) is 3.60. The molecule has 0 fully saturated rings. The van der Waals surface area contributed by atoms with Gasteiger partial charge in [-0.1, -0.05) is 0 Å².